The van der Waals surface area contributed by atoms with Crippen molar-refractivity contribution in [3.05, 3.63) is 35.7 Å². The Bertz CT molecular complexity index is 563. The van der Waals surface area contributed by atoms with Crippen LogP contribution >= 0.6 is 22.6 Å². The minimum absolute atomic E-state index is 0.0279. The number of alkyl halides is 3. The number of nitrogens with zero attached hydrogens (tertiary/aromatic N) is 1. The van der Waals surface area contributed by atoms with Crippen LogP contribution in [0.3, 0.4) is 0 Å². The third-order valence-electron chi connectivity index (χ3n) is 2.89. The number of carbonyl (C=O) groups is 1. The second-order valence-corrected chi connectivity index (χ2v) is 5.80. The van der Waals surface area contributed by atoms with Crippen LogP contribution in [-0.2, 0) is 4.79 Å². The largest absolute Gasteiger partial charge is 0.508 e. The number of hydrogen-bond acceptors (Lipinski definition) is 2. The molecule has 1 aliphatic heterocycles. The van der Waals surface area contributed by atoms with E-state index in [1.165, 1.54) is 12.1 Å². The Kier molecular flexibility index (Phi) is 4.56. The summed E-state index contributed by atoms with van der Waals surface area (Å²) in [6.45, 7) is -0.773. The number of halogens is 4. The molecular weight excluding hydrogens is 386 g/mol. The van der Waals surface area contributed by atoms with Gasteiger partial charge in [0.1, 0.15) is 11.6 Å². The molecule has 0 bridgehead atoms. The Labute approximate surface area is 127 Å². The summed E-state index contributed by atoms with van der Waals surface area (Å²) >= 11 is 1.87. The molecule has 1 amide bonds. The summed E-state index contributed by atoms with van der Waals surface area (Å²) in [5.74, 6) is -1.48. The van der Waals surface area contributed by atoms with Crippen LogP contribution in [0.15, 0.2) is 24.3 Å². The summed E-state index contributed by atoms with van der Waals surface area (Å²) in [6, 6.07) is 3.41. The van der Waals surface area contributed by atoms with Gasteiger partial charge in [0.05, 0.1) is 16.2 Å². The summed E-state index contributed by atoms with van der Waals surface area (Å²) in [5.41, 5.74) is 0.154. The predicted octanol–water partition coefficient (Wildman–Crippen LogP) is 3.17. The van der Waals surface area contributed by atoms with E-state index in [0.29, 0.717) is 6.42 Å². The molecule has 0 aromatic heterocycles. The molecule has 0 spiro atoms. The maximum atomic E-state index is 13.8. The first-order valence-corrected chi connectivity index (χ1v) is 7.07. The van der Waals surface area contributed by atoms with Crippen molar-refractivity contribution in [2.75, 3.05) is 6.54 Å². The molecule has 1 aliphatic rings. The van der Waals surface area contributed by atoms with Crippen molar-refractivity contribution < 1.29 is 23.1 Å². The molecule has 0 aliphatic carbocycles. The first-order chi connectivity index (χ1) is 9.40. The smallest absolute Gasteiger partial charge is 0.256 e. The quantitative estimate of drug-likeness (QED) is 0.629. The maximum absolute atomic E-state index is 13.8. The Morgan fingerprint density at radius 2 is 2.15 bits per heavy atom. The van der Waals surface area contributed by atoms with E-state index in [9.17, 15) is 23.1 Å². The molecule has 0 saturated heterocycles. The second-order valence-electron chi connectivity index (χ2n) is 4.30. The molecule has 2 rings (SSSR count). The fourth-order valence-corrected chi connectivity index (χ4v) is 2.60. The van der Waals surface area contributed by atoms with Gasteiger partial charge in [0, 0.05) is 11.6 Å². The molecule has 108 valence electrons. The van der Waals surface area contributed by atoms with Crippen LogP contribution in [0.1, 0.15) is 12.0 Å². The number of aromatic hydroxyl groups is 1. The first kappa shape index (κ1) is 15.1. The Morgan fingerprint density at radius 1 is 1.45 bits per heavy atom. The molecule has 1 aromatic rings. The average Bonchev–Trinajstić information content (AvgIpc) is 2.36. The van der Waals surface area contributed by atoms with Crippen molar-refractivity contribution in [2.24, 2.45) is 0 Å². The van der Waals surface area contributed by atoms with Crippen LogP contribution in [0, 0.1) is 5.82 Å². The zero-order valence-electron chi connectivity index (χ0n) is 10.2. The van der Waals surface area contributed by atoms with Crippen LogP contribution in [0.25, 0.3) is 5.70 Å². The lowest BCUT2D eigenvalue weighted by Crippen LogP contribution is -2.41. The van der Waals surface area contributed by atoms with Gasteiger partial charge in [-0.05, 0) is 18.6 Å². The van der Waals surface area contributed by atoms with Crippen molar-refractivity contribution in [3.63, 3.8) is 0 Å². The number of phenols is 1. The number of benzene rings is 1. The van der Waals surface area contributed by atoms with Gasteiger partial charge in [0.2, 0.25) is 5.91 Å². The Hall–Kier alpha value is -1.25. The molecule has 0 fully saturated rings. The van der Waals surface area contributed by atoms with Gasteiger partial charge >= 0.3 is 0 Å². The van der Waals surface area contributed by atoms with E-state index in [1.54, 1.807) is 6.08 Å². The Morgan fingerprint density at radius 3 is 2.75 bits per heavy atom. The lowest BCUT2D eigenvalue weighted by Gasteiger charge is -2.31. The number of rotatable bonds is 3. The highest BCUT2D eigenvalue weighted by Crippen LogP contribution is 2.32. The first-order valence-electron chi connectivity index (χ1n) is 5.82. The van der Waals surface area contributed by atoms with Crippen LogP contribution in [0.4, 0.5) is 13.2 Å². The SMILES string of the molecule is O=C1C(I)CC=C(c2ccc(O)cc2F)N1CC(F)F. The summed E-state index contributed by atoms with van der Waals surface area (Å²) < 4.78 is 38.6. The third kappa shape index (κ3) is 3.08. The molecule has 1 N–H and O–H groups in total. The molecule has 1 atom stereocenters. The van der Waals surface area contributed by atoms with Gasteiger partial charge in [-0.15, -0.1) is 0 Å². The number of allylic oxidation sites excluding steroid dienone is 1. The van der Waals surface area contributed by atoms with Crippen molar-refractivity contribution in [1.29, 1.82) is 0 Å². The molecular formula is C13H11F3INO2. The third-order valence-corrected chi connectivity index (χ3v) is 3.93. The zero-order valence-corrected chi connectivity index (χ0v) is 12.4. The van der Waals surface area contributed by atoms with Crippen molar-refractivity contribution >= 4 is 34.2 Å². The van der Waals surface area contributed by atoms with Gasteiger partial charge in [-0.25, -0.2) is 13.2 Å². The maximum Gasteiger partial charge on any atom is 0.256 e. The summed E-state index contributed by atoms with van der Waals surface area (Å²) in [4.78, 5) is 12.9. The molecule has 0 saturated carbocycles. The summed E-state index contributed by atoms with van der Waals surface area (Å²) in [7, 11) is 0. The summed E-state index contributed by atoms with van der Waals surface area (Å²) in [6.07, 6.45) is -0.783. The van der Waals surface area contributed by atoms with Gasteiger partial charge < -0.3 is 10.0 Å². The van der Waals surface area contributed by atoms with Gasteiger partial charge in [0.15, 0.2) is 0 Å². The highest BCUT2D eigenvalue weighted by Gasteiger charge is 2.32. The fourth-order valence-electron chi connectivity index (χ4n) is 2.01. The van der Waals surface area contributed by atoms with Crippen LogP contribution in [-0.4, -0.2) is 32.8 Å². The fraction of sp³-hybridized carbons (Fsp3) is 0.308. The molecule has 7 heteroatoms. The van der Waals surface area contributed by atoms with Crippen molar-refractivity contribution in [3.8, 4) is 5.75 Å². The molecule has 1 aromatic carbocycles. The van der Waals surface area contributed by atoms with E-state index in [0.717, 1.165) is 11.0 Å². The molecule has 1 unspecified atom stereocenters. The van der Waals surface area contributed by atoms with E-state index in [4.69, 9.17) is 0 Å². The monoisotopic (exact) mass is 397 g/mol. The van der Waals surface area contributed by atoms with Gasteiger partial charge in [-0.3, -0.25) is 4.79 Å². The van der Waals surface area contributed by atoms with Crippen LogP contribution in [0.2, 0.25) is 0 Å². The van der Waals surface area contributed by atoms with Crippen molar-refractivity contribution in [2.45, 2.75) is 16.8 Å². The van der Waals surface area contributed by atoms with Gasteiger partial charge in [0.25, 0.3) is 6.43 Å². The molecule has 0 radical (unpaired) electrons. The number of phenolic OH excluding ortho intramolecular Hbond substituents is 1. The minimum atomic E-state index is -2.70. The van der Waals surface area contributed by atoms with E-state index >= 15 is 0 Å². The molecule has 3 nitrogen and oxygen atoms in total. The van der Waals surface area contributed by atoms with Crippen LogP contribution in [0.5, 0.6) is 5.75 Å². The molecule has 1 heterocycles. The second kappa shape index (κ2) is 6.02. The molecule has 20 heavy (non-hydrogen) atoms. The minimum Gasteiger partial charge on any atom is -0.508 e. The normalized spacial score (nSPS) is 19.4. The summed E-state index contributed by atoms with van der Waals surface area (Å²) in [5, 5.41) is 9.18. The predicted molar refractivity (Wildman–Crippen MR) is 76.2 cm³/mol. The number of hydrogen-bond donors (Lipinski definition) is 1. The van der Waals surface area contributed by atoms with E-state index in [-0.39, 0.29) is 17.0 Å². The number of amides is 1. The van der Waals surface area contributed by atoms with E-state index in [1.807, 2.05) is 22.6 Å². The topological polar surface area (TPSA) is 40.5 Å². The lowest BCUT2D eigenvalue weighted by molar-refractivity contribution is -0.128. The van der Waals surface area contributed by atoms with E-state index in [2.05, 4.69) is 0 Å². The van der Waals surface area contributed by atoms with Gasteiger partial charge in [-0.2, -0.15) is 0 Å². The zero-order chi connectivity index (χ0) is 14.9. The number of carbonyl (C=O) groups excluding carboxylic acids is 1. The Balaban J connectivity index is 2.43. The van der Waals surface area contributed by atoms with Crippen LogP contribution < -0.4 is 0 Å². The highest BCUT2D eigenvalue weighted by atomic mass is 127. The average molecular weight is 397 g/mol. The van der Waals surface area contributed by atoms with E-state index < -0.39 is 28.6 Å². The van der Waals surface area contributed by atoms with Crippen molar-refractivity contribution in [1.82, 2.24) is 4.90 Å². The van der Waals surface area contributed by atoms with Gasteiger partial charge in [-0.1, -0.05) is 28.7 Å². The standard InChI is InChI=1S/C13H11F3INO2/c14-9-5-7(19)1-2-8(9)11-4-3-10(17)13(20)18(11)6-12(15)16/h1-2,4-5,10,12,19H,3,6H2. The lowest BCUT2D eigenvalue weighted by atomic mass is 10.0. The highest BCUT2D eigenvalue weighted by molar-refractivity contribution is 14.1.